The maximum absolute atomic E-state index is 12.5. The molecule has 4 rings (SSSR count). The van der Waals surface area contributed by atoms with Gasteiger partial charge in [0.25, 0.3) is 0 Å². The quantitative estimate of drug-likeness (QED) is 0.460. The molecule has 6 heteroatoms. The van der Waals surface area contributed by atoms with E-state index >= 15 is 0 Å². The molecule has 0 fully saturated rings. The van der Waals surface area contributed by atoms with Crippen LogP contribution in [0.1, 0.15) is 19.0 Å². The van der Waals surface area contributed by atoms with Gasteiger partial charge in [-0.05, 0) is 30.7 Å². The van der Waals surface area contributed by atoms with E-state index in [-0.39, 0.29) is 0 Å². The molecule has 0 atom stereocenters. The van der Waals surface area contributed by atoms with E-state index in [4.69, 9.17) is 9.15 Å². The second kappa shape index (κ2) is 7.32. The van der Waals surface area contributed by atoms with Gasteiger partial charge in [0, 0.05) is 28.2 Å². The minimum absolute atomic E-state index is 0.426. The summed E-state index contributed by atoms with van der Waals surface area (Å²) in [5.41, 5.74) is 3.14. The van der Waals surface area contributed by atoms with Crippen molar-refractivity contribution >= 4 is 22.3 Å². The van der Waals surface area contributed by atoms with Crippen LogP contribution in [0.3, 0.4) is 0 Å². The molecule has 0 radical (unpaired) electrons. The van der Waals surface area contributed by atoms with Crippen molar-refractivity contribution < 1.29 is 9.15 Å². The van der Waals surface area contributed by atoms with Gasteiger partial charge >= 0.3 is 5.63 Å². The largest absolute Gasteiger partial charge is 0.493 e. The Morgan fingerprint density at radius 2 is 2.11 bits per heavy atom. The Labute approximate surface area is 160 Å². The molecule has 0 saturated carbocycles. The molecule has 0 amide bonds. The number of fused-ring (bicyclic) bond motifs is 1. The topological polar surface area (TPSA) is 65.2 Å². The Balaban J connectivity index is 1.76. The minimum atomic E-state index is -0.426. The first-order chi connectivity index (χ1) is 13.2. The number of hydrogen-bond acceptors (Lipinski definition) is 6. The van der Waals surface area contributed by atoms with Gasteiger partial charge in [0.2, 0.25) is 0 Å². The fourth-order valence-corrected chi connectivity index (χ4v) is 3.81. The van der Waals surface area contributed by atoms with Crippen molar-refractivity contribution in [2.24, 2.45) is 0 Å². The number of rotatable bonds is 5. The summed E-state index contributed by atoms with van der Waals surface area (Å²) in [5.74, 6) is 0.537. The molecule has 3 heterocycles. The Morgan fingerprint density at radius 1 is 1.22 bits per heavy atom. The van der Waals surface area contributed by atoms with Crippen molar-refractivity contribution in [3.63, 3.8) is 0 Å². The molecule has 4 aromatic rings. The van der Waals surface area contributed by atoms with Gasteiger partial charge in [-0.15, -0.1) is 11.3 Å². The van der Waals surface area contributed by atoms with E-state index in [1.165, 1.54) is 11.3 Å². The average molecular weight is 378 g/mol. The van der Waals surface area contributed by atoms with Crippen molar-refractivity contribution in [1.29, 1.82) is 0 Å². The van der Waals surface area contributed by atoms with Crippen molar-refractivity contribution in [2.75, 3.05) is 7.11 Å². The molecule has 3 aromatic heterocycles. The summed E-state index contributed by atoms with van der Waals surface area (Å²) in [6.07, 6.45) is 3.78. The molecule has 0 unspecified atom stereocenters. The molecule has 0 saturated heterocycles. The van der Waals surface area contributed by atoms with E-state index in [9.17, 15) is 4.79 Å². The molecule has 0 aliphatic heterocycles. The number of methoxy groups -OCH3 is 1. The van der Waals surface area contributed by atoms with E-state index in [1.807, 2.05) is 23.6 Å². The highest BCUT2D eigenvalue weighted by atomic mass is 32.1. The van der Waals surface area contributed by atoms with Crippen LogP contribution in [0.25, 0.3) is 32.8 Å². The van der Waals surface area contributed by atoms with Crippen molar-refractivity contribution in [3.05, 3.63) is 64.1 Å². The number of thiazole rings is 1. The van der Waals surface area contributed by atoms with Gasteiger partial charge in [-0.25, -0.2) is 9.78 Å². The summed E-state index contributed by atoms with van der Waals surface area (Å²) in [6.45, 7) is 2.13. The second-order valence-electron chi connectivity index (χ2n) is 6.15. The standard InChI is InChI=1S/C21H18N2O3S/c1-3-5-15-10-14(8-9-22-15)20-23-17(12-27-20)16-11-13-6-4-7-18(25-2)19(13)26-21(16)24/h4,6-12H,3,5H2,1-2H3. The third-order valence-electron chi connectivity index (χ3n) is 4.29. The Hall–Kier alpha value is -2.99. The van der Waals surface area contributed by atoms with Crippen molar-refractivity contribution in [3.8, 4) is 27.6 Å². The van der Waals surface area contributed by atoms with Crippen LogP contribution < -0.4 is 10.4 Å². The first-order valence-corrected chi connectivity index (χ1v) is 9.59. The van der Waals surface area contributed by atoms with Crippen LogP contribution in [0, 0.1) is 0 Å². The zero-order valence-corrected chi connectivity index (χ0v) is 15.9. The molecule has 0 bridgehead atoms. The molecule has 136 valence electrons. The van der Waals surface area contributed by atoms with Crippen LogP contribution in [0.2, 0.25) is 0 Å². The number of aryl methyl sites for hydroxylation is 1. The third kappa shape index (κ3) is 3.36. The van der Waals surface area contributed by atoms with E-state index in [2.05, 4.69) is 23.0 Å². The van der Waals surface area contributed by atoms with Gasteiger partial charge in [-0.3, -0.25) is 4.98 Å². The lowest BCUT2D eigenvalue weighted by Gasteiger charge is -2.04. The molecule has 0 spiro atoms. The minimum Gasteiger partial charge on any atom is -0.493 e. The summed E-state index contributed by atoms with van der Waals surface area (Å²) in [4.78, 5) is 21.6. The van der Waals surface area contributed by atoms with E-state index < -0.39 is 5.63 Å². The van der Waals surface area contributed by atoms with Gasteiger partial charge in [-0.1, -0.05) is 25.5 Å². The van der Waals surface area contributed by atoms with E-state index in [0.29, 0.717) is 22.6 Å². The number of aromatic nitrogens is 2. The zero-order chi connectivity index (χ0) is 18.8. The van der Waals surface area contributed by atoms with E-state index in [1.54, 1.807) is 25.4 Å². The first kappa shape index (κ1) is 17.4. The number of nitrogens with zero attached hydrogens (tertiary/aromatic N) is 2. The Bertz CT molecular complexity index is 1160. The Morgan fingerprint density at radius 3 is 2.93 bits per heavy atom. The highest BCUT2D eigenvalue weighted by Gasteiger charge is 2.14. The van der Waals surface area contributed by atoms with Crippen LogP contribution in [-0.2, 0) is 6.42 Å². The molecular formula is C21H18N2O3S. The molecule has 0 aliphatic carbocycles. The lowest BCUT2D eigenvalue weighted by Crippen LogP contribution is -2.03. The SMILES string of the molecule is CCCc1cc(-c2nc(-c3cc4cccc(OC)c4oc3=O)cs2)ccn1. The first-order valence-electron chi connectivity index (χ1n) is 8.71. The van der Waals surface area contributed by atoms with Crippen LogP contribution in [0.15, 0.2) is 57.2 Å². The highest BCUT2D eigenvalue weighted by molar-refractivity contribution is 7.13. The Kier molecular flexibility index (Phi) is 4.73. The number of benzene rings is 1. The number of para-hydroxylation sites is 1. The monoisotopic (exact) mass is 378 g/mol. The smallest absolute Gasteiger partial charge is 0.345 e. The van der Waals surface area contributed by atoms with Gasteiger partial charge in [0.15, 0.2) is 11.3 Å². The second-order valence-corrected chi connectivity index (χ2v) is 7.01. The predicted molar refractivity (Wildman–Crippen MR) is 107 cm³/mol. The number of pyridine rings is 1. The van der Waals surface area contributed by atoms with Crippen LogP contribution in [0.4, 0.5) is 0 Å². The van der Waals surface area contributed by atoms with Gasteiger partial charge in [0.1, 0.15) is 5.01 Å². The lowest BCUT2D eigenvalue weighted by molar-refractivity contribution is 0.407. The summed E-state index contributed by atoms with van der Waals surface area (Å²) in [7, 11) is 1.55. The summed E-state index contributed by atoms with van der Waals surface area (Å²) < 4.78 is 10.8. The molecule has 5 nitrogen and oxygen atoms in total. The molecule has 1 aromatic carbocycles. The third-order valence-corrected chi connectivity index (χ3v) is 5.18. The molecule has 27 heavy (non-hydrogen) atoms. The lowest BCUT2D eigenvalue weighted by atomic mass is 10.1. The number of hydrogen-bond donors (Lipinski definition) is 0. The van der Waals surface area contributed by atoms with Crippen LogP contribution in [-0.4, -0.2) is 17.1 Å². The maximum Gasteiger partial charge on any atom is 0.345 e. The molecule has 0 N–H and O–H groups in total. The normalized spacial score (nSPS) is 11.0. The maximum atomic E-state index is 12.5. The molecular weight excluding hydrogens is 360 g/mol. The molecule has 0 aliphatic rings. The van der Waals surface area contributed by atoms with Crippen molar-refractivity contribution in [2.45, 2.75) is 19.8 Å². The summed E-state index contributed by atoms with van der Waals surface area (Å²) in [6, 6.07) is 11.3. The summed E-state index contributed by atoms with van der Waals surface area (Å²) >= 11 is 1.50. The highest BCUT2D eigenvalue weighted by Crippen LogP contribution is 2.31. The average Bonchev–Trinajstić information content (AvgIpc) is 3.17. The van der Waals surface area contributed by atoms with Gasteiger partial charge < -0.3 is 9.15 Å². The van der Waals surface area contributed by atoms with Crippen LogP contribution in [0.5, 0.6) is 5.75 Å². The van der Waals surface area contributed by atoms with Crippen molar-refractivity contribution in [1.82, 2.24) is 9.97 Å². The zero-order valence-electron chi connectivity index (χ0n) is 15.1. The van der Waals surface area contributed by atoms with Gasteiger partial charge in [0.05, 0.1) is 18.4 Å². The van der Waals surface area contributed by atoms with Gasteiger partial charge in [-0.2, -0.15) is 0 Å². The summed E-state index contributed by atoms with van der Waals surface area (Å²) in [5, 5.41) is 3.54. The fourth-order valence-electron chi connectivity index (χ4n) is 2.99. The predicted octanol–water partition coefficient (Wildman–Crippen LogP) is 4.94. The fraction of sp³-hybridized carbons (Fsp3) is 0.190. The number of ether oxygens (including phenoxy) is 1. The van der Waals surface area contributed by atoms with Crippen LogP contribution >= 0.6 is 11.3 Å². The van der Waals surface area contributed by atoms with E-state index in [0.717, 1.165) is 34.5 Å².